The Morgan fingerprint density at radius 1 is 1.00 bits per heavy atom. The third-order valence-corrected chi connectivity index (χ3v) is 6.85. The van der Waals surface area contributed by atoms with E-state index in [9.17, 15) is 4.79 Å². The average molecular weight is 465 g/mol. The summed E-state index contributed by atoms with van der Waals surface area (Å²) in [6.07, 6.45) is 6.37. The fraction of sp³-hybridized carbons (Fsp3) is 0.240. The summed E-state index contributed by atoms with van der Waals surface area (Å²) in [5.41, 5.74) is 4.09. The minimum atomic E-state index is -0.0167. The third kappa shape index (κ3) is 4.10. The van der Waals surface area contributed by atoms with Crippen LogP contribution in [0.25, 0.3) is 16.9 Å². The van der Waals surface area contributed by atoms with Gasteiger partial charge in [-0.2, -0.15) is 5.10 Å². The quantitative estimate of drug-likeness (QED) is 0.383. The normalized spacial score (nSPS) is 14.8. The highest BCUT2D eigenvalue weighted by Gasteiger charge is 2.26. The summed E-state index contributed by atoms with van der Waals surface area (Å²) in [7, 11) is 0. The first-order valence-corrected chi connectivity index (χ1v) is 11.5. The first-order valence-electron chi connectivity index (χ1n) is 10.7. The van der Waals surface area contributed by atoms with Gasteiger partial charge in [-0.05, 0) is 48.9 Å². The van der Waals surface area contributed by atoms with E-state index in [1.807, 2.05) is 23.1 Å². The van der Waals surface area contributed by atoms with Crippen molar-refractivity contribution in [2.24, 2.45) is 5.92 Å². The lowest BCUT2D eigenvalue weighted by Gasteiger charge is -2.32. The van der Waals surface area contributed by atoms with E-state index < -0.39 is 0 Å². The monoisotopic (exact) mass is 464 g/mol. The van der Waals surface area contributed by atoms with Gasteiger partial charge in [0.2, 0.25) is 0 Å². The van der Waals surface area contributed by atoms with Crippen LogP contribution in [0.2, 0.25) is 10.0 Å². The average Bonchev–Trinajstić information content (AvgIpc) is 3.26. The summed E-state index contributed by atoms with van der Waals surface area (Å²) in [5.74, 6) is 0.585. The zero-order valence-electron chi connectivity index (χ0n) is 17.4. The SMILES string of the molecule is O=C(c1cnn2c(-c3ccc(Cl)c(Cl)c3)ccnc12)N1CCC(Cc2ccccc2)CC1. The first kappa shape index (κ1) is 21.0. The van der Waals surface area contributed by atoms with Gasteiger partial charge >= 0.3 is 0 Å². The van der Waals surface area contributed by atoms with Crippen molar-refractivity contribution in [3.63, 3.8) is 0 Å². The highest BCUT2D eigenvalue weighted by atomic mass is 35.5. The van der Waals surface area contributed by atoms with Crippen molar-refractivity contribution in [1.29, 1.82) is 0 Å². The molecule has 7 heteroatoms. The van der Waals surface area contributed by atoms with Crippen LogP contribution in [0.5, 0.6) is 0 Å². The fourth-order valence-corrected chi connectivity index (χ4v) is 4.67. The third-order valence-electron chi connectivity index (χ3n) is 6.12. The van der Waals surface area contributed by atoms with Crippen molar-refractivity contribution in [2.75, 3.05) is 13.1 Å². The maximum absolute atomic E-state index is 13.3. The van der Waals surface area contributed by atoms with Gasteiger partial charge in [-0.3, -0.25) is 4.79 Å². The molecule has 1 saturated heterocycles. The van der Waals surface area contributed by atoms with Crippen LogP contribution in [0.1, 0.15) is 28.8 Å². The molecule has 162 valence electrons. The molecule has 1 aliphatic heterocycles. The zero-order chi connectivity index (χ0) is 22.1. The number of benzene rings is 2. The van der Waals surface area contributed by atoms with Crippen LogP contribution in [-0.2, 0) is 6.42 Å². The number of likely N-dealkylation sites (tertiary alicyclic amines) is 1. The molecule has 0 saturated carbocycles. The zero-order valence-corrected chi connectivity index (χ0v) is 18.9. The maximum atomic E-state index is 13.3. The fourth-order valence-electron chi connectivity index (χ4n) is 4.37. The second kappa shape index (κ2) is 8.93. The van der Waals surface area contributed by atoms with Crippen LogP contribution in [0, 0.1) is 5.92 Å². The van der Waals surface area contributed by atoms with Crippen molar-refractivity contribution in [3.8, 4) is 11.3 Å². The molecule has 0 atom stereocenters. The lowest BCUT2D eigenvalue weighted by atomic mass is 9.90. The Morgan fingerprint density at radius 2 is 1.78 bits per heavy atom. The minimum absolute atomic E-state index is 0.0167. The number of carbonyl (C=O) groups excluding carboxylic acids is 1. The first-order chi connectivity index (χ1) is 15.6. The number of nitrogens with zero attached hydrogens (tertiary/aromatic N) is 4. The number of fused-ring (bicyclic) bond motifs is 1. The van der Waals surface area contributed by atoms with Gasteiger partial charge in [0, 0.05) is 24.8 Å². The van der Waals surface area contributed by atoms with E-state index in [1.54, 1.807) is 29.0 Å². The van der Waals surface area contributed by atoms with Gasteiger partial charge in [0.1, 0.15) is 5.56 Å². The minimum Gasteiger partial charge on any atom is -0.338 e. The molecule has 2 aromatic carbocycles. The molecule has 0 bridgehead atoms. The van der Waals surface area contributed by atoms with Crippen molar-refractivity contribution in [2.45, 2.75) is 19.3 Å². The summed E-state index contributed by atoms with van der Waals surface area (Å²) >= 11 is 12.3. The second-order valence-corrected chi connectivity index (χ2v) is 8.99. The molecule has 0 radical (unpaired) electrons. The molecule has 5 nitrogen and oxygen atoms in total. The number of amides is 1. The van der Waals surface area contributed by atoms with E-state index in [0.717, 1.165) is 43.6 Å². The summed E-state index contributed by atoms with van der Waals surface area (Å²) in [4.78, 5) is 19.7. The van der Waals surface area contributed by atoms with Crippen LogP contribution in [0.4, 0.5) is 0 Å². The smallest absolute Gasteiger partial charge is 0.259 e. The highest BCUT2D eigenvalue weighted by molar-refractivity contribution is 6.42. The van der Waals surface area contributed by atoms with Crippen LogP contribution >= 0.6 is 23.2 Å². The Balaban J connectivity index is 1.34. The molecule has 5 rings (SSSR count). The summed E-state index contributed by atoms with van der Waals surface area (Å²) in [6.45, 7) is 1.50. The molecule has 1 fully saturated rings. The molecule has 0 N–H and O–H groups in total. The Kier molecular flexibility index (Phi) is 5.85. The van der Waals surface area contributed by atoms with Crippen molar-refractivity contribution < 1.29 is 4.79 Å². The molecule has 1 aliphatic rings. The standard InChI is InChI=1S/C25H22Cl2N4O/c26-21-7-6-19(15-22(21)27)23-8-11-28-24-20(16-29-31(23)24)25(32)30-12-9-18(10-13-30)14-17-4-2-1-3-5-17/h1-8,11,15-16,18H,9-10,12-14H2. The van der Waals surface area contributed by atoms with Gasteiger partial charge in [0.15, 0.2) is 5.65 Å². The van der Waals surface area contributed by atoms with Gasteiger partial charge < -0.3 is 4.90 Å². The Morgan fingerprint density at radius 3 is 2.53 bits per heavy atom. The predicted molar refractivity (Wildman–Crippen MR) is 127 cm³/mol. The number of carbonyl (C=O) groups is 1. The van der Waals surface area contributed by atoms with Crippen molar-refractivity contribution in [3.05, 3.63) is 88.2 Å². The summed E-state index contributed by atoms with van der Waals surface area (Å²) in [5, 5.41) is 5.43. The van der Waals surface area contributed by atoms with Gasteiger partial charge in [-0.1, -0.05) is 59.6 Å². The molecule has 32 heavy (non-hydrogen) atoms. The number of piperidine rings is 1. The van der Waals surface area contributed by atoms with Crippen LogP contribution < -0.4 is 0 Å². The molecule has 2 aromatic heterocycles. The van der Waals surface area contributed by atoms with Crippen LogP contribution in [0.3, 0.4) is 0 Å². The largest absolute Gasteiger partial charge is 0.338 e. The van der Waals surface area contributed by atoms with Crippen molar-refractivity contribution >= 4 is 34.8 Å². The van der Waals surface area contributed by atoms with Crippen LogP contribution in [-0.4, -0.2) is 38.5 Å². The molecule has 0 unspecified atom stereocenters. The number of rotatable bonds is 4. The molecular formula is C25H22Cl2N4O. The van der Waals surface area contributed by atoms with Gasteiger partial charge in [0.25, 0.3) is 5.91 Å². The summed E-state index contributed by atoms with van der Waals surface area (Å²) in [6, 6.07) is 17.8. The van der Waals surface area contributed by atoms with Gasteiger partial charge in [-0.15, -0.1) is 0 Å². The lowest BCUT2D eigenvalue weighted by molar-refractivity contribution is 0.0692. The molecule has 0 aliphatic carbocycles. The lowest BCUT2D eigenvalue weighted by Crippen LogP contribution is -2.38. The number of hydrogen-bond donors (Lipinski definition) is 0. The highest BCUT2D eigenvalue weighted by Crippen LogP contribution is 2.29. The Labute approximate surface area is 196 Å². The molecule has 1 amide bonds. The topological polar surface area (TPSA) is 50.5 Å². The molecule has 3 heterocycles. The Hall–Kier alpha value is -2.89. The van der Waals surface area contributed by atoms with Gasteiger partial charge in [-0.25, -0.2) is 9.50 Å². The molecular weight excluding hydrogens is 443 g/mol. The van der Waals surface area contributed by atoms with E-state index in [0.29, 0.717) is 27.2 Å². The maximum Gasteiger partial charge on any atom is 0.259 e. The van der Waals surface area contributed by atoms with Gasteiger partial charge in [0.05, 0.1) is 21.9 Å². The molecule has 0 spiro atoms. The van der Waals surface area contributed by atoms with E-state index >= 15 is 0 Å². The van der Waals surface area contributed by atoms with E-state index in [1.165, 1.54) is 5.56 Å². The van der Waals surface area contributed by atoms with E-state index in [2.05, 4.69) is 34.3 Å². The Bertz CT molecular complexity index is 1260. The van der Waals surface area contributed by atoms with Crippen molar-refractivity contribution in [1.82, 2.24) is 19.5 Å². The van der Waals surface area contributed by atoms with Crippen LogP contribution in [0.15, 0.2) is 67.0 Å². The number of aromatic nitrogens is 3. The summed E-state index contributed by atoms with van der Waals surface area (Å²) < 4.78 is 1.69. The predicted octanol–water partition coefficient (Wildman–Crippen LogP) is 5.80. The molecule has 4 aromatic rings. The number of hydrogen-bond acceptors (Lipinski definition) is 3. The van der Waals surface area contributed by atoms with E-state index in [4.69, 9.17) is 23.2 Å². The number of halogens is 2. The second-order valence-electron chi connectivity index (χ2n) is 8.18. The van der Waals surface area contributed by atoms with E-state index in [-0.39, 0.29) is 5.91 Å².